The van der Waals surface area contributed by atoms with Crippen LogP contribution in [0.25, 0.3) is 0 Å². The summed E-state index contributed by atoms with van der Waals surface area (Å²) < 4.78 is 5.18. The molecule has 0 radical (unpaired) electrons. The fourth-order valence-corrected chi connectivity index (χ4v) is 4.43. The van der Waals surface area contributed by atoms with Crippen molar-refractivity contribution in [3.8, 4) is 0 Å². The summed E-state index contributed by atoms with van der Waals surface area (Å²) in [5.41, 5.74) is 7.44. The van der Waals surface area contributed by atoms with Gasteiger partial charge in [-0.2, -0.15) is 0 Å². The van der Waals surface area contributed by atoms with Crippen LogP contribution in [0.15, 0.2) is 34.9 Å². The lowest BCUT2D eigenvalue weighted by Gasteiger charge is -2.20. The lowest BCUT2D eigenvalue weighted by Crippen LogP contribution is -2.34. The molecule has 4 rings (SSSR count). The highest BCUT2D eigenvalue weighted by Gasteiger charge is 2.42. The second kappa shape index (κ2) is 8.15. The first kappa shape index (κ1) is 20.7. The van der Waals surface area contributed by atoms with Crippen LogP contribution in [0.4, 0.5) is 5.69 Å². The van der Waals surface area contributed by atoms with Gasteiger partial charge >= 0.3 is 0 Å². The maximum atomic E-state index is 13.1. The van der Waals surface area contributed by atoms with E-state index in [1.165, 1.54) is 6.26 Å². The number of carbonyl (C=O) groups is 2. The molecule has 2 fully saturated rings. The summed E-state index contributed by atoms with van der Waals surface area (Å²) >= 11 is 6.11. The molecule has 1 aromatic heterocycles. The predicted molar refractivity (Wildman–Crippen MR) is 110 cm³/mol. The number of benzene rings is 1. The van der Waals surface area contributed by atoms with E-state index in [2.05, 4.69) is 5.32 Å². The molecule has 0 spiro atoms. The van der Waals surface area contributed by atoms with E-state index in [-0.39, 0.29) is 30.3 Å². The highest BCUT2D eigenvalue weighted by atomic mass is 35.5. The minimum absolute atomic E-state index is 0. The van der Waals surface area contributed by atoms with E-state index >= 15 is 0 Å². The number of nitrogens with two attached hydrogens (primary N) is 1. The van der Waals surface area contributed by atoms with Gasteiger partial charge in [-0.3, -0.25) is 9.59 Å². The fraction of sp³-hybridized carbons (Fsp3) is 0.400. The average Bonchev–Trinajstić information content (AvgIpc) is 3.32. The van der Waals surface area contributed by atoms with Crippen molar-refractivity contribution >= 4 is 41.5 Å². The Morgan fingerprint density at radius 1 is 1.21 bits per heavy atom. The molecule has 3 atom stereocenters. The number of likely N-dealkylation sites (tertiary alicyclic amines) is 1. The zero-order valence-corrected chi connectivity index (χ0v) is 17.1. The van der Waals surface area contributed by atoms with Crippen LogP contribution < -0.4 is 11.1 Å². The highest BCUT2D eigenvalue weighted by Crippen LogP contribution is 2.38. The van der Waals surface area contributed by atoms with E-state index in [0.717, 1.165) is 12.8 Å². The van der Waals surface area contributed by atoms with E-state index in [9.17, 15) is 9.59 Å². The molecule has 0 bridgehead atoms. The number of nitrogens with zero attached hydrogens (tertiary/aromatic N) is 1. The van der Waals surface area contributed by atoms with E-state index in [4.69, 9.17) is 21.8 Å². The molecule has 2 aliphatic rings. The van der Waals surface area contributed by atoms with Gasteiger partial charge < -0.3 is 20.4 Å². The monoisotopic (exact) mass is 423 g/mol. The number of hydrogen-bond acceptors (Lipinski definition) is 4. The fourth-order valence-electron chi connectivity index (χ4n) is 4.26. The molecule has 150 valence electrons. The maximum Gasteiger partial charge on any atom is 0.259 e. The van der Waals surface area contributed by atoms with Crippen LogP contribution in [-0.4, -0.2) is 35.8 Å². The van der Waals surface area contributed by atoms with Gasteiger partial charge in [-0.1, -0.05) is 11.6 Å². The third-order valence-corrected chi connectivity index (χ3v) is 6.00. The van der Waals surface area contributed by atoms with E-state index in [0.29, 0.717) is 52.5 Å². The summed E-state index contributed by atoms with van der Waals surface area (Å²) in [6.45, 7) is 3.10. The summed E-state index contributed by atoms with van der Waals surface area (Å²) in [6.07, 6.45) is 3.56. The van der Waals surface area contributed by atoms with Crippen LogP contribution in [0.3, 0.4) is 0 Å². The molecule has 1 aliphatic heterocycles. The molecule has 3 unspecified atom stereocenters. The number of nitrogens with one attached hydrogen (secondary N) is 1. The summed E-state index contributed by atoms with van der Waals surface area (Å²) in [6, 6.07) is 6.69. The lowest BCUT2D eigenvalue weighted by molar-refractivity contribution is 0.0780. The highest BCUT2D eigenvalue weighted by molar-refractivity contribution is 6.31. The molecule has 1 aromatic carbocycles. The van der Waals surface area contributed by atoms with Gasteiger partial charge in [0, 0.05) is 24.2 Å². The number of halogens is 2. The normalized spacial score (nSPS) is 23.2. The third-order valence-electron chi connectivity index (χ3n) is 5.76. The number of anilines is 1. The Hall–Kier alpha value is -2.02. The van der Waals surface area contributed by atoms with Gasteiger partial charge in [-0.15, -0.1) is 12.4 Å². The van der Waals surface area contributed by atoms with Gasteiger partial charge in [-0.25, -0.2) is 0 Å². The molecule has 8 heteroatoms. The van der Waals surface area contributed by atoms with Crippen molar-refractivity contribution in [2.24, 2.45) is 17.6 Å². The molecule has 2 heterocycles. The van der Waals surface area contributed by atoms with Crippen LogP contribution in [-0.2, 0) is 0 Å². The first-order valence-corrected chi connectivity index (χ1v) is 9.51. The Morgan fingerprint density at radius 2 is 2.00 bits per heavy atom. The zero-order chi connectivity index (χ0) is 19.1. The van der Waals surface area contributed by atoms with Crippen LogP contribution in [0.5, 0.6) is 0 Å². The number of amides is 2. The molecule has 2 aromatic rings. The minimum atomic E-state index is -0.335. The molecule has 3 N–H and O–H groups in total. The Morgan fingerprint density at radius 3 is 2.68 bits per heavy atom. The van der Waals surface area contributed by atoms with Crippen molar-refractivity contribution in [1.82, 2.24) is 4.90 Å². The number of rotatable bonds is 3. The van der Waals surface area contributed by atoms with Crippen LogP contribution in [0.2, 0.25) is 5.02 Å². The number of carbonyl (C=O) groups excluding carboxylic acids is 2. The Bertz CT molecular complexity index is 899. The minimum Gasteiger partial charge on any atom is -0.469 e. The van der Waals surface area contributed by atoms with Crippen LogP contribution in [0.1, 0.15) is 39.3 Å². The third kappa shape index (κ3) is 3.77. The SMILES string of the molecule is Cc1occc1C(=O)Nc1cc(Cl)ccc1C(=O)N1CC2CCC(N)C2C1.Cl. The number of fused-ring (bicyclic) bond motifs is 1. The van der Waals surface area contributed by atoms with E-state index in [1.54, 1.807) is 31.2 Å². The zero-order valence-electron chi connectivity index (χ0n) is 15.5. The standard InChI is InChI=1S/C20H22ClN3O3.ClH/c1-11-14(6-7-27-11)19(25)23-18-8-13(21)3-4-15(18)20(26)24-9-12-2-5-17(22)16(12)10-24;/h3-4,6-8,12,16-17H,2,5,9-10,22H2,1H3,(H,23,25);1H. The maximum absolute atomic E-state index is 13.1. The Labute approximate surface area is 174 Å². The topological polar surface area (TPSA) is 88.6 Å². The van der Waals surface area contributed by atoms with Gasteiger partial charge in [0.1, 0.15) is 5.76 Å². The first-order chi connectivity index (χ1) is 12.9. The molecule has 1 saturated heterocycles. The predicted octanol–water partition coefficient (Wildman–Crippen LogP) is 3.72. The van der Waals surface area contributed by atoms with Crippen molar-refractivity contribution in [3.05, 3.63) is 52.4 Å². The second-order valence-corrected chi connectivity index (χ2v) is 7.85. The summed E-state index contributed by atoms with van der Waals surface area (Å²) in [7, 11) is 0. The molecule has 2 amide bonds. The molecule has 6 nitrogen and oxygen atoms in total. The largest absolute Gasteiger partial charge is 0.469 e. The number of hydrogen-bond donors (Lipinski definition) is 2. The summed E-state index contributed by atoms with van der Waals surface area (Å²) in [5, 5.41) is 3.25. The smallest absolute Gasteiger partial charge is 0.259 e. The van der Waals surface area contributed by atoms with Crippen molar-refractivity contribution < 1.29 is 14.0 Å². The quantitative estimate of drug-likeness (QED) is 0.786. The van der Waals surface area contributed by atoms with Crippen molar-refractivity contribution in [2.45, 2.75) is 25.8 Å². The van der Waals surface area contributed by atoms with Crippen molar-refractivity contribution in [2.75, 3.05) is 18.4 Å². The molecule has 1 aliphatic carbocycles. The van der Waals surface area contributed by atoms with Gasteiger partial charge in [0.25, 0.3) is 11.8 Å². The average molecular weight is 424 g/mol. The number of aryl methyl sites for hydroxylation is 1. The van der Waals surface area contributed by atoms with E-state index < -0.39 is 0 Å². The molecule has 1 saturated carbocycles. The molecular weight excluding hydrogens is 401 g/mol. The second-order valence-electron chi connectivity index (χ2n) is 7.41. The first-order valence-electron chi connectivity index (χ1n) is 9.14. The summed E-state index contributed by atoms with van der Waals surface area (Å²) in [4.78, 5) is 27.5. The van der Waals surface area contributed by atoms with E-state index in [1.807, 2.05) is 4.90 Å². The van der Waals surface area contributed by atoms with Crippen LogP contribution >= 0.6 is 24.0 Å². The Balaban J connectivity index is 0.00000225. The van der Waals surface area contributed by atoms with Gasteiger partial charge in [-0.05, 0) is 55.9 Å². The van der Waals surface area contributed by atoms with Crippen LogP contribution in [0, 0.1) is 18.8 Å². The van der Waals surface area contributed by atoms with Gasteiger partial charge in [0.05, 0.1) is 23.1 Å². The molecule has 28 heavy (non-hydrogen) atoms. The number of furan rings is 1. The summed E-state index contributed by atoms with van der Waals surface area (Å²) in [5.74, 6) is 0.921. The Kier molecular flexibility index (Phi) is 6.03. The van der Waals surface area contributed by atoms with Gasteiger partial charge in [0.2, 0.25) is 0 Å². The van der Waals surface area contributed by atoms with Crippen molar-refractivity contribution in [1.29, 1.82) is 0 Å². The molecular formula is C20H23Cl2N3O3. The van der Waals surface area contributed by atoms with Gasteiger partial charge in [0.15, 0.2) is 0 Å². The van der Waals surface area contributed by atoms with Crippen molar-refractivity contribution in [3.63, 3.8) is 0 Å². The lowest BCUT2D eigenvalue weighted by atomic mass is 9.98.